The quantitative estimate of drug-likeness (QED) is 0.573. The number of aliphatic imine (C=N–C) groups is 1. The number of nitrogens with zero attached hydrogens (tertiary/aromatic N) is 4. The van der Waals surface area contributed by atoms with Crippen LogP contribution in [0.25, 0.3) is 0 Å². The van der Waals surface area contributed by atoms with Crippen LogP contribution in [0.2, 0.25) is 10.0 Å². The topological polar surface area (TPSA) is 22.1 Å². The molecule has 0 aromatic heterocycles. The van der Waals surface area contributed by atoms with Gasteiger partial charge >= 0.3 is 0 Å². The lowest BCUT2D eigenvalue weighted by atomic mass is 10.3. The van der Waals surface area contributed by atoms with Gasteiger partial charge in [-0.05, 0) is 19.2 Å². The van der Waals surface area contributed by atoms with Crippen molar-refractivity contribution in [1.82, 2.24) is 14.7 Å². The second kappa shape index (κ2) is 8.08. The van der Waals surface area contributed by atoms with Gasteiger partial charge in [0.15, 0.2) is 0 Å². The van der Waals surface area contributed by atoms with Crippen molar-refractivity contribution in [3.63, 3.8) is 0 Å². The molecule has 0 N–H and O–H groups in total. The van der Waals surface area contributed by atoms with Crippen molar-refractivity contribution in [2.24, 2.45) is 4.99 Å². The molecule has 21 heavy (non-hydrogen) atoms. The van der Waals surface area contributed by atoms with E-state index in [0.29, 0.717) is 15.7 Å². The van der Waals surface area contributed by atoms with Crippen molar-refractivity contribution in [2.75, 3.05) is 47.3 Å². The van der Waals surface area contributed by atoms with Crippen LogP contribution in [0, 0.1) is 0 Å². The average Bonchev–Trinajstić information content (AvgIpc) is 2.39. The van der Waals surface area contributed by atoms with E-state index >= 15 is 0 Å². The van der Waals surface area contributed by atoms with Gasteiger partial charge in [-0.1, -0.05) is 29.3 Å². The van der Waals surface area contributed by atoms with Gasteiger partial charge in [0, 0.05) is 40.3 Å². The fraction of sp³-hybridized carbons (Fsp3) is 0.500. The largest absolute Gasteiger partial charge is 0.349 e. The van der Waals surface area contributed by atoms with Crippen molar-refractivity contribution < 1.29 is 0 Å². The van der Waals surface area contributed by atoms with Gasteiger partial charge in [-0.25, -0.2) is 4.99 Å². The van der Waals surface area contributed by atoms with E-state index in [1.165, 1.54) is 0 Å². The molecule has 1 heterocycles. The summed E-state index contributed by atoms with van der Waals surface area (Å²) in [6, 6.07) is 5.45. The van der Waals surface area contributed by atoms with Crippen molar-refractivity contribution in [3.8, 4) is 0 Å². The maximum Gasteiger partial charge on any atom is 0.201 e. The first-order valence-corrected chi connectivity index (χ1v) is 7.38. The molecule has 4 nitrogen and oxygen atoms in total. The molecular weight excluding hydrogens is 331 g/mol. The lowest BCUT2D eigenvalue weighted by Gasteiger charge is -2.36. The number of hydrogen-bond donors (Lipinski definition) is 0. The van der Waals surface area contributed by atoms with Gasteiger partial charge in [0.2, 0.25) is 5.96 Å². The van der Waals surface area contributed by atoms with Crippen molar-refractivity contribution in [3.05, 3.63) is 28.2 Å². The van der Waals surface area contributed by atoms with Crippen LogP contribution in [0.15, 0.2) is 23.2 Å². The van der Waals surface area contributed by atoms with Gasteiger partial charge in [0.25, 0.3) is 0 Å². The molecule has 1 fully saturated rings. The Balaban J connectivity index is 0.00000220. The molecule has 0 unspecified atom stereocenters. The third-order valence-electron chi connectivity index (χ3n) is 3.34. The van der Waals surface area contributed by atoms with Crippen molar-refractivity contribution in [2.45, 2.75) is 0 Å². The number of para-hydroxylation sites is 1. The second-order valence-electron chi connectivity index (χ2n) is 5.17. The summed E-state index contributed by atoms with van der Waals surface area (Å²) in [5, 5.41) is 1.15. The number of hydrogen-bond acceptors (Lipinski definition) is 2. The Morgan fingerprint density at radius 3 is 2.10 bits per heavy atom. The van der Waals surface area contributed by atoms with Crippen LogP contribution in [-0.2, 0) is 0 Å². The highest BCUT2D eigenvalue weighted by atomic mass is 35.5. The summed E-state index contributed by atoms with van der Waals surface area (Å²) >= 11 is 12.4. The third-order valence-corrected chi connectivity index (χ3v) is 3.95. The standard InChI is InChI=1S/C14H20Cl2N4.ClH/c1-18(2)14(20-9-7-19(3)8-10-20)17-13-11(15)5-4-6-12(13)16;/h4-6H,7-10H2,1-3H3;1H. The van der Waals surface area contributed by atoms with E-state index in [4.69, 9.17) is 28.2 Å². The van der Waals surface area contributed by atoms with Crippen molar-refractivity contribution >= 4 is 47.3 Å². The highest BCUT2D eigenvalue weighted by Crippen LogP contribution is 2.33. The Kier molecular flexibility index (Phi) is 7.07. The molecule has 7 heteroatoms. The SMILES string of the molecule is CN1CCN(C(=Nc2c(Cl)cccc2Cl)N(C)C)CC1.Cl. The molecule has 1 aliphatic rings. The Morgan fingerprint density at radius 1 is 1.10 bits per heavy atom. The first kappa shape index (κ1) is 18.4. The zero-order valence-corrected chi connectivity index (χ0v) is 14.8. The molecule has 0 amide bonds. The first-order valence-electron chi connectivity index (χ1n) is 6.62. The molecular formula is C14H21Cl3N4. The monoisotopic (exact) mass is 350 g/mol. The highest BCUT2D eigenvalue weighted by molar-refractivity contribution is 6.38. The molecule has 118 valence electrons. The zero-order valence-electron chi connectivity index (χ0n) is 12.5. The third kappa shape index (κ3) is 4.65. The van der Waals surface area contributed by atoms with E-state index in [0.717, 1.165) is 32.1 Å². The first-order chi connectivity index (χ1) is 9.49. The molecule has 1 saturated heterocycles. The van der Waals surface area contributed by atoms with E-state index in [2.05, 4.69) is 16.8 Å². The van der Waals surface area contributed by atoms with Gasteiger partial charge in [0.1, 0.15) is 5.69 Å². The molecule has 0 saturated carbocycles. The normalized spacial score (nSPS) is 16.6. The molecule has 0 spiro atoms. The van der Waals surface area contributed by atoms with Gasteiger partial charge in [-0.3, -0.25) is 0 Å². The minimum absolute atomic E-state index is 0. The Morgan fingerprint density at radius 2 is 1.62 bits per heavy atom. The van der Waals surface area contributed by atoms with Gasteiger partial charge in [-0.15, -0.1) is 12.4 Å². The average molecular weight is 352 g/mol. The van der Waals surface area contributed by atoms with E-state index in [9.17, 15) is 0 Å². The number of rotatable bonds is 1. The fourth-order valence-electron chi connectivity index (χ4n) is 2.16. The summed E-state index contributed by atoms with van der Waals surface area (Å²) in [6.07, 6.45) is 0. The maximum absolute atomic E-state index is 6.20. The smallest absolute Gasteiger partial charge is 0.201 e. The lowest BCUT2D eigenvalue weighted by molar-refractivity contribution is 0.203. The van der Waals surface area contributed by atoms with Crippen LogP contribution >= 0.6 is 35.6 Å². The molecule has 1 aromatic rings. The minimum atomic E-state index is 0. The van der Waals surface area contributed by atoms with Crippen LogP contribution in [0.5, 0.6) is 0 Å². The summed E-state index contributed by atoms with van der Waals surface area (Å²) in [5.74, 6) is 0.896. The van der Waals surface area contributed by atoms with Crippen LogP contribution < -0.4 is 0 Å². The molecule has 1 aliphatic heterocycles. The number of piperazine rings is 1. The molecule has 0 aliphatic carbocycles. The molecule has 0 radical (unpaired) electrons. The summed E-state index contributed by atoms with van der Waals surface area (Å²) in [5.41, 5.74) is 0.637. The van der Waals surface area contributed by atoms with Crippen LogP contribution in [0.1, 0.15) is 0 Å². The summed E-state index contributed by atoms with van der Waals surface area (Å²) in [7, 11) is 6.11. The van der Waals surface area contributed by atoms with E-state index in [-0.39, 0.29) is 12.4 Å². The summed E-state index contributed by atoms with van der Waals surface area (Å²) in [6.45, 7) is 3.97. The number of benzene rings is 1. The Bertz CT molecular complexity index is 477. The van der Waals surface area contributed by atoms with Gasteiger partial charge in [-0.2, -0.15) is 0 Å². The number of guanidine groups is 1. The second-order valence-corrected chi connectivity index (χ2v) is 5.98. The maximum atomic E-state index is 6.20. The van der Waals surface area contributed by atoms with E-state index < -0.39 is 0 Å². The number of halogens is 3. The van der Waals surface area contributed by atoms with E-state index in [1.807, 2.05) is 37.2 Å². The molecule has 0 bridgehead atoms. The minimum Gasteiger partial charge on any atom is -0.349 e. The highest BCUT2D eigenvalue weighted by Gasteiger charge is 2.19. The Hall–Kier alpha value is -0.680. The number of likely N-dealkylation sites (N-methyl/N-ethyl adjacent to an activating group) is 1. The zero-order chi connectivity index (χ0) is 14.7. The fourth-order valence-corrected chi connectivity index (χ4v) is 2.64. The summed E-state index contributed by atoms with van der Waals surface area (Å²) in [4.78, 5) is 11.3. The predicted molar refractivity (Wildman–Crippen MR) is 93.6 cm³/mol. The van der Waals surface area contributed by atoms with Crippen molar-refractivity contribution in [1.29, 1.82) is 0 Å². The molecule has 0 atom stereocenters. The Labute approximate surface area is 142 Å². The van der Waals surface area contributed by atoms with Crippen LogP contribution in [0.4, 0.5) is 5.69 Å². The summed E-state index contributed by atoms with van der Waals surface area (Å²) < 4.78 is 0. The predicted octanol–water partition coefficient (Wildman–Crippen LogP) is 3.21. The van der Waals surface area contributed by atoms with Crippen LogP contribution in [0.3, 0.4) is 0 Å². The van der Waals surface area contributed by atoms with Crippen LogP contribution in [-0.4, -0.2) is 68.0 Å². The lowest BCUT2D eigenvalue weighted by Crippen LogP contribution is -2.50. The van der Waals surface area contributed by atoms with Gasteiger partial charge in [0.05, 0.1) is 10.0 Å². The molecule has 2 rings (SSSR count). The molecule has 1 aromatic carbocycles. The van der Waals surface area contributed by atoms with Gasteiger partial charge < -0.3 is 14.7 Å². The van der Waals surface area contributed by atoms with E-state index in [1.54, 1.807) is 0 Å².